The van der Waals surface area contributed by atoms with Gasteiger partial charge < -0.3 is 14.2 Å². The number of ether oxygens (including phenoxy) is 3. The van der Waals surface area contributed by atoms with E-state index in [1.807, 2.05) is 0 Å². The fourth-order valence-corrected chi connectivity index (χ4v) is 9.77. The Labute approximate surface area is 508 Å². The summed E-state index contributed by atoms with van der Waals surface area (Å²) in [5.41, 5.74) is 0. The zero-order valence-electron chi connectivity index (χ0n) is 54.0. The molecule has 0 heterocycles. The molecule has 0 saturated heterocycles. The molecule has 6 nitrogen and oxygen atoms in total. The van der Waals surface area contributed by atoms with E-state index in [2.05, 4.69) is 130 Å². The molecule has 82 heavy (non-hydrogen) atoms. The van der Waals surface area contributed by atoms with Crippen molar-refractivity contribution in [3.63, 3.8) is 0 Å². The van der Waals surface area contributed by atoms with Crippen LogP contribution in [0.1, 0.15) is 335 Å². The number of carbonyl (C=O) groups excluding carboxylic acids is 3. The van der Waals surface area contributed by atoms with E-state index in [0.29, 0.717) is 19.3 Å². The summed E-state index contributed by atoms with van der Waals surface area (Å²) in [5, 5.41) is 0. The van der Waals surface area contributed by atoms with E-state index in [1.54, 1.807) is 0 Å². The Hall–Kier alpha value is -3.93. The summed E-state index contributed by atoms with van der Waals surface area (Å²) in [6.07, 6.45) is 95.3. The average Bonchev–Trinajstić information content (AvgIpc) is 3.47. The van der Waals surface area contributed by atoms with Crippen molar-refractivity contribution in [3.8, 4) is 0 Å². The zero-order valence-corrected chi connectivity index (χ0v) is 54.0. The van der Waals surface area contributed by atoms with Crippen LogP contribution in [0.4, 0.5) is 0 Å². The molecule has 0 spiro atoms. The van der Waals surface area contributed by atoms with Crippen molar-refractivity contribution in [2.75, 3.05) is 13.2 Å². The summed E-state index contributed by atoms with van der Waals surface area (Å²) < 4.78 is 17.0. The number of hydrogen-bond acceptors (Lipinski definition) is 6. The van der Waals surface area contributed by atoms with Gasteiger partial charge >= 0.3 is 17.9 Å². The Bertz CT molecular complexity index is 1640. The van der Waals surface area contributed by atoms with E-state index >= 15 is 0 Å². The SMILES string of the molecule is CC/C=C\C/C=C\C/C=C\C/C=C\CCCCCCCCCCCCCCCCCCC(=O)OCC(COC(=O)CCCCCCC/C=C\C/C=C\CCCCCC)OC(=O)CCCCCCCC/C=C\C/C=C\C/C=C\CCCCC. The molecule has 0 rings (SSSR count). The number of rotatable bonds is 63. The Morgan fingerprint density at radius 2 is 0.476 bits per heavy atom. The number of allylic oxidation sites excluding steroid dienone is 18. The van der Waals surface area contributed by atoms with E-state index in [-0.39, 0.29) is 31.1 Å². The van der Waals surface area contributed by atoms with Gasteiger partial charge in [0.15, 0.2) is 6.10 Å². The molecule has 0 saturated carbocycles. The largest absolute Gasteiger partial charge is 0.462 e. The Balaban J connectivity index is 4.32. The maximum absolute atomic E-state index is 12.9. The van der Waals surface area contributed by atoms with Crippen LogP contribution in [-0.2, 0) is 28.6 Å². The van der Waals surface area contributed by atoms with Crippen molar-refractivity contribution in [1.82, 2.24) is 0 Å². The lowest BCUT2D eigenvalue weighted by atomic mass is 10.0. The van der Waals surface area contributed by atoms with Crippen LogP contribution >= 0.6 is 0 Å². The number of unbranched alkanes of at least 4 members (excludes halogenated alkanes) is 34. The van der Waals surface area contributed by atoms with E-state index < -0.39 is 6.10 Å². The minimum atomic E-state index is -0.793. The second kappa shape index (κ2) is 69.6. The molecule has 0 aromatic rings. The van der Waals surface area contributed by atoms with Gasteiger partial charge in [-0.1, -0.05) is 297 Å². The van der Waals surface area contributed by atoms with Crippen molar-refractivity contribution in [2.24, 2.45) is 0 Å². The number of esters is 3. The first-order chi connectivity index (χ1) is 40.5. The summed E-state index contributed by atoms with van der Waals surface area (Å²) >= 11 is 0. The van der Waals surface area contributed by atoms with Crippen LogP contribution in [0.25, 0.3) is 0 Å². The maximum Gasteiger partial charge on any atom is 0.306 e. The van der Waals surface area contributed by atoms with Crippen molar-refractivity contribution in [1.29, 1.82) is 0 Å². The minimum Gasteiger partial charge on any atom is -0.462 e. The van der Waals surface area contributed by atoms with Gasteiger partial charge in [0.2, 0.25) is 0 Å². The quantitative estimate of drug-likeness (QED) is 0.0261. The van der Waals surface area contributed by atoms with Crippen molar-refractivity contribution < 1.29 is 28.6 Å². The van der Waals surface area contributed by atoms with Gasteiger partial charge in [-0.25, -0.2) is 0 Å². The van der Waals surface area contributed by atoms with E-state index in [1.165, 1.54) is 167 Å². The molecular weight excluding hydrogens is 1010 g/mol. The lowest BCUT2D eigenvalue weighted by Gasteiger charge is -2.18. The highest BCUT2D eigenvalue weighted by molar-refractivity contribution is 5.71. The lowest BCUT2D eigenvalue weighted by Crippen LogP contribution is -2.30. The molecule has 0 aliphatic carbocycles. The second-order valence-corrected chi connectivity index (χ2v) is 23.1. The highest BCUT2D eigenvalue weighted by Gasteiger charge is 2.19. The monoisotopic (exact) mass is 1140 g/mol. The van der Waals surface area contributed by atoms with Crippen LogP contribution in [0.2, 0.25) is 0 Å². The topological polar surface area (TPSA) is 78.9 Å². The van der Waals surface area contributed by atoms with E-state index in [4.69, 9.17) is 14.2 Å². The van der Waals surface area contributed by atoms with Crippen LogP contribution in [-0.4, -0.2) is 37.2 Å². The van der Waals surface area contributed by atoms with E-state index in [9.17, 15) is 14.4 Å². The van der Waals surface area contributed by atoms with Gasteiger partial charge in [-0.15, -0.1) is 0 Å². The lowest BCUT2D eigenvalue weighted by molar-refractivity contribution is -0.167. The number of carbonyl (C=O) groups is 3. The van der Waals surface area contributed by atoms with Crippen LogP contribution in [0.15, 0.2) is 109 Å². The first-order valence-corrected chi connectivity index (χ1v) is 34.9. The predicted molar refractivity (Wildman–Crippen MR) is 357 cm³/mol. The van der Waals surface area contributed by atoms with Crippen molar-refractivity contribution >= 4 is 17.9 Å². The van der Waals surface area contributed by atoms with Crippen molar-refractivity contribution in [3.05, 3.63) is 109 Å². The van der Waals surface area contributed by atoms with Gasteiger partial charge in [0, 0.05) is 19.3 Å². The molecule has 0 amide bonds. The molecular formula is C76H130O6. The van der Waals surface area contributed by atoms with Gasteiger partial charge in [0.25, 0.3) is 0 Å². The summed E-state index contributed by atoms with van der Waals surface area (Å²) in [6.45, 7) is 6.49. The predicted octanol–water partition coefficient (Wildman–Crippen LogP) is 24.2. The molecule has 1 unspecified atom stereocenters. The Morgan fingerprint density at radius 1 is 0.256 bits per heavy atom. The zero-order chi connectivity index (χ0) is 59.2. The third kappa shape index (κ3) is 66.9. The first kappa shape index (κ1) is 78.1. The smallest absolute Gasteiger partial charge is 0.306 e. The molecule has 0 aromatic carbocycles. The van der Waals surface area contributed by atoms with Gasteiger partial charge in [0.1, 0.15) is 13.2 Å². The summed E-state index contributed by atoms with van der Waals surface area (Å²) in [7, 11) is 0. The second-order valence-electron chi connectivity index (χ2n) is 23.1. The molecule has 0 fully saturated rings. The third-order valence-electron chi connectivity index (χ3n) is 15.0. The molecule has 1 atom stereocenters. The standard InChI is InChI=1S/C76H130O6/c1-4-7-10-13-16-19-22-25-28-31-33-34-35-36-37-38-39-40-41-42-44-45-48-51-54-57-60-63-66-69-75(78)81-72-73(71-80-74(77)68-65-62-59-56-53-50-47-30-27-24-21-18-15-12-9-6-3)82-76(79)70-67-64-61-58-55-52-49-46-43-32-29-26-23-20-17-14-11-8-5-2/h7,10,16-17,19-21,24-26,28-30,33-34,43,46-47,73H,4-6,8-9,11-15,18,22-23,27,31-32,35-42,44-45,48-72H2,1-3H3/b10-7-,19-16-,20-17-,24-21-,28-25-,29-26-,34-33-,46-43-,47-30-. The number of hydrogen-bond donors (Lipinski definition) is 0. The molecule has 0 aliphatic heterocycles. The van der Waals surface area contributed by atoms with Crippen LogP contribution in [0, 0.1) is 0 Å². The Morgan fingerprint density at radius 3 is 0.768 bits per heavy atom. The fraction of sp³-hybridized carbons (Fsp3) is 0.724. The van der Waals surface area contributed by atoms with Gasteiger partial charge in [-0.2, -0.15) is 0 Å². The first-order valence-electron chi connectivity index (χ1n) is 34.9. The van der Waals surface area contributed by atoms with Gasteiger partial charge in [-0.3, -0.25) is 14.4 Å². The molecule has 6 heteroatoms. The molecule has 0 radical (unpaired) electrons. The van der Waals surface area contributed by atoms with E-state index in [0.717, 1.165) is 128 Å². The average molecular weight is 1140 g/mol. The van der Waals surface area contributed by atoms with Crippen molar-refractivity contribution in [2.45, 2.75) is 341 Å². The van der Waals surface area contributed by atoms with Gasteiger partial charge in [-0.05, 0) is 128 Å². The third-order valence-corrected chi connectivity index (χ3v) is 15.0. The van der Waals surface area contributed by atoms with Crippen LogP contribution in [0.3, 0.4) is 0 Å². The fourth-order valence-electron chi connectivity index (χ4n) is 9.77. The molecule has 470 valence electrons. The summed E-state index contributed by atoms with van der Waals surface area (Å²) in [5.74, 6) is -0.900. The summed E-state index contributed by atoms with van der Waals surface area (Å²) in [6, 6.07) is 0. The molecule has 0 N–H and O–H groups in total. The minimum absolute atomic E-state index is 0.0866. The maximum atomic E-state index is 12.9. The highest BCUT2D eigenvalue weighted by Crippen LogP contribution is 2.17. The molecule has 0 bridgehead atoms. The normalized spacial score (nSPS) is 12.8. The molecule has 0 aliphatic rings. The Kier molecular flexibility index (Phi) is 66.2. The van der Waals surface area contributed by atoms with Crippen LogP contribution < -0.4 is 0 Å². The van der Waals surface area contributed by atoms with Gasteiger partial charge in [0.05, 0.1) is 0 Å². The summed E-state index contributed by atoms with van der Waals surface area (Å²) in [4.78, 5) is 38.4. The van der Waals surface area contributed by atoms with Crippen LogP contribution in [0.5, 0.6) is 0 Å². The highest BCUT2D eigenvalue weighted by atomic mass is 16.6. The molecule has 0 aromatic heterocycles.